The van der Waals surface area contributed by atoms with Crippen LogP contribution in [0.5, 0.6) is 5.75 Å². The van der Waals surface area contributed by atoms with Crippen molar-refractivity contribution >= 4 is 11.6 Å². The SMILES string of the molecule is Cc1cccc2c1NC(=O)C1(CCCCC1)CO2. The molecule has 0 aromatic heterocycles. The summed E-state index contributed by atoms with van der Waals surface area (Å²) in [6.45, 7) is 2.52. The van der Waals surface area contributed by atoms with Crippen LogP contribution in [0.1, 0.15) is 37.7 Å². The summed E-state index contributed by atoms with van der Waals surface area (Å²) >= 11 is 0. The third-order valence-electron chi connectivity index (χ3n) is 4.27. The zero-order valence-electron chi connectivity index (χ0n) is 10.8. The molecule has 0 saturated heterocycles. The molecule has 1 N–H and O–H groups in total. The zero-order valence-corrected chi connectivity index (χ0v) is 10.8. The van der Waals surface area contributed by atoms with E-state index in [0.29, 0.717) is 6.61 Å². The van der Waals surface area contributed by atoms with Gasteiger partial charge in [-0.1, -0.05) is 31.4 Å². The number of nitrogens with one attached hydrogen (secondary N) is 1. The van der Waals surface area contributed by atoms with Crippen molar-refractivity contribution in [3.05, 3.63) is 23.8 Å². The van der Waals surface area contributed by atoms with Crippen LogP contribution in [0.3, 0.4) is 0 Å². The van der Waals surface area contributed by atoms with Gasteiger partial charge in [-0.05, 0) is 31.4 Å². The summed E-state index contributed by atoms with van der Waals surface area (Å²) in [7, 11) is 0. The fourth-order valence-electron chi connectivity index (χ4n) is 3.05. The summed E-state index contributed by atoms with van der Waals surface area (Å²) in [6.07, 6.45) is 5.40. The molecule has 0 radical (unpaired) electrons. The van der Waals surface area contributed by atoms with E-state index < -0.39 is 0 Å². The van der Waals surface area contributed by atoms with E-state index in [1.54, 1.807) is 0 Å². The van der Waals surface area contributed by atoms with Crippen molar-refractivity contribution in [3.63, 3.8) is 0 Å². The Kier molecular flexibility index (Phi) is 2.77. The van der Waals surface area contributed by atoms with Crippen LogP contribution in [0, 0.1) is 12.3 Å². The Labute approximate surface area is 108 Å². The number of para-hydroxylation sites is 1. The Bertz CT molecular complexity index is 475. The van der Waals surface area contributed by atoms with Gasteiger partial charge in [-0.15, -0.1) is 0 Å². The normalized spacial score (nSPS) is 21.7. The molecule has 18 heavy (non-hydrogen) atoms. The highest BCUT2D eigenvalue weighted by molar-refractivity contribution is 5.98. The fourth-order valence-corrected chi connectivity index (χ4v) is 3.05. The number of hydrogen-bond donors (Lipinski definition) is 1. The average molecular weight is 245 g/mol. The van der Waals surface area contributed by atoms with Gasteiger partial charge in [0.15, 0.2) is 0 Å². The minimum Gasteiger partial charge on any atom is -0.490 e. The van der Waals surface area contributed by atoms with E-state index in [4.69, 9.17) is 4.74 Å². The number of aryl methyl sites for hydroxylation is 1. The second kappa shape index (κ2) is 4.30. The second-order valence-corrected chi connectivity index (χ2v) is 5.53. The van der Waals surface area contributed by atoms with Crippen molar-refractivity contribution in [2.75, 3.05) is 11.9 Å². The van der Waals surface area contributed by atoms with Gasteiger partial charge in [0, 0.05) is 0 Å². The van der Waals surface area contributed by atoms with E-state index in [9.17, 15) is 4.79 Å². The van der Waals surface area contributed by atoms with Crippen LogP contribution in [0.15, 0.2) is 18.2 Å². The quantitative estimate of drug-likeness (QED) is 0.761. The van der Waals surface area contributed by atoms with Gasteiger partial charge in [0.2, 0.25) is 5.91 Å². The lowest BCUT2D eigenvalue weighted by Gasteiger charge is -2.33. The third kappa shape index (κ3) is 1.78. The van der Waals surface area contributed by atoms with Gasteiger partial charge in [0.25, 0.3) is 0 Å². The van der Waals surface area contributed by atoms with Crippen LogP contribution < -0.4 is 10.1 Å². The molecule has 1 spiro atoms. The minimum atomic E-state index is -0.302. The highest BCUT2D eigenvalue weighted by atomic mass is 16.5. The van der Waals surface area contributed by atoms with Crippen molar-refractivity contribution < 1.29 is 9.53 Å². The Morgan fingerprint density at radius 2 is 2.00 bits per heavy atom. The van der Waals surface area contributed by atoms with Gasteiger partial charge in [-0.3, -0.25) is 4.79 Å². The van der Waals surface area contributed by atoms with Gasteiger partial charge in [-0.2, -0.15) is 0 Å². The maximum absolute atomic E-state index is 12.5. The van der Waals surface area contributed by atoms with Gasteiger partial charge in [0.05, 0.1) is 11.1 Å². The monoisotopic (exact) mass is 245 g/mol. The minimum absolute atomic E-state index is 0.148. The van der Waals surface area contributed by atoms with Crippen molar-refractivity contribution in [3.8, 4) is 5.75 Å². The zero-order chi connectivity index (χ0) is 12.6. The summed E-state index contributed by atoms with van der Waals surface area (Å²) in [6, 6.07) is 5.91. The van der Waals surface area contributed by atoms with Crippen LogP contribution in [-0.2, 0) is 4.79 Å². The third-order valence-corrected chi connectivity index (χ3v) is 4.27. The predicted octanol–water partition coefficient (Wildman–Crippen LogP) is 3.28. The first-order chi connectivity index (χ1) is 8.71. The highest BCUT2D eigenvalue weighted by Gasteiger charge is 2.42. The molecule has 1 aromatic rings. The summed E-state index contributed by atoms with van der Waals surface area (Å²) < 4.78 is 5.91. The van der Waals surface area contributed by atoms with Crippen molar-refractivity contribution in [2.24, 2.45) is 5.41 Å². The van der Waals surface area contributed by atoms with E-state index in [0.717, 1.165) is 42.7 Å². The molecule has 1 amide bonds. The maximum atomic E-state index is 12.5. The van der Waals surface area contributed by atoms with E-state index in [1.165, 1.54) is 6.42 Å². The van der Waals surface area contributed by atoms with E-state index in [2.05, 4.69) is 5.32 Å². The molecule has 3 nitrogen and oxygen atoms in total. The highest BCUT2D eigenvalue weighted by Crippen LogP contribution is 2.42. The number of benzene rings is 1. The van der Waals surface area contributed by atoms with E-state index in [1.807, 2.05) is 25.1 Å². The smallest absolute Gasteiger partial charge is 0.234 e. The number of anilines is 1. The number of amides is 1. The molecule has 2 aliphatic rings. The first-order valence-electron chi connectivity index (χ1n) is 6.75. The molecule has 0 unspecified atom stereocenters. The lowest BCUT2D eigenvalue weighted by atomic mass is 9.74. The average Bonchev–Trinajstić information content (AvgIpc) is 2.52. The van der Waals surface area contributed by atoms with Gasteiger partial charge < -0.3 is 10.1 Å². The molecule has 1 aromatic carbocycles. The van der Waals surface area contributed by atoms with E-state index in [-0.39, 0.29) is 11.3 Å². The first-order valence-corrected chi connectivity index (χ1v) is 6.75. The summed E-state index contributed by atoms with van der Waals surface area (Å²) in [5, 5.41) is 3.09. The van der Waals surface area contributed by atoms with Crippen LogP contribution in [0.25, 0.3) is 0 Å². The summed E-state index contributed by atoms with van der Waals surface area (Å²) in [4.78, 5) is 12.5. The van der Waals surface area contributed by atoms with Crippen LogP contribution in [-0.4, -0.2) is 12.5 Å². The van der Waals surface area contributed by atoms with Crippen LogP contribution >= 0.6 is 0 Å². The molecule has 3 rings (SSSR count). The van der Waals surface area contributed by atoms with Crippen molar-refractivity contribution in [2.45, 2.75) is 39.0 Å². The largest absolute Gasteiger partial charge is 0.490 e. The number of rotatable bonds is 0. The van der Waals surface area contributed by atoms with Crippen molar-refractivity contribution in [1.82, 2.24) is 0 Å². The topological polar surface area (TPSA) is 38.3 Å². The lowest BCUT2D eigenvalue weighted by Crippen LogP contribution is -2.41. The number of fused-ring (bicyclic) bond motifs is 1. The van der Waals surface area contributed by atoms with Crippen LogP contribution in [0.2, 0.25) is 0 Å². The molecule has 96 valence electrons. The molecule has 1 aliphatic heterocycles. The first kappa shape index (κ1) is 11.6. The lowest BCUT2D eigenvalue weighted by molar-refractivity contribution is -0.128. The van der Waals surface area contributed by atoms with Crippen molar-refractivity contribution in [1.29, 1.82) is 0 Å². The summed E-state index contributed by atoms with van der Waals surface area (Å²) in [5.41, 5.74) is 1.61. The Morgan fingerprint density at radius 1 is 1.22 bits per heavy atom. The van der Waals surface area contributed by atoms with Gasteiger partial charge in [-0.25, -0.2) is 0 Å². The molecule has 3 heteroatoms. The number of ether oxygens (including phenoxy) is 1. The van der Waals surface area contributed by atoms with Gasteiger partial charge >= 0.3 is 0 Å². The molecule has 1 fully saturated rings. The predicted molar refractivity (Wildman–Crippen MR) is 70.8 cm³/mol. The molecule has 0 atom stereocenters. The fraction of sp³-hybridized carbons (Fsp3) is 0.533. The number of hydrogen-bond acceptors (Lipinski definition) is 2. The molecule has 0 bridgehead atoms. The second-order valence-electron chi connectivity index (χ2n) is 5.53. The Hall–Kier alpha value is -1.51. The van der Waals surface area contributed by atoms with Gasteiger partial charge in [0.1, 0.15) is 12.4 Å². The maximum Gasteiger partial charge on any atom is 0.234 e. The number of carbonyl (C=O) groups is 1. The standard InChI is InChI=1S/C15H19NO2/c1-11-6-5-7-12-13(11)16-14(17)15(10-18-12)8-3-2-4-9-15/h5-7H,2-4,8-10H2,1H3,(H,16,17). The van der Waals surface area contributed by atoms with E-state index >= 15 is 0 Å². The molecule has 1 aliphatic carbocycles. The number of carbonyl (C=O) groups excluding carboxylic acids is 1. The summed E-state index contributed by atoms with van der Waals surface area (Å²) in [5.74, 6) is 0.959. The Balaban J connectivity index is 1.95. The molecule has 1 saturated carbocycles. The Morgan fingerprint density at radius 3 is 2.78 bits per heavy atom. The van der Waals surface area contributed by atoms with Crippen LogP contribution in [0.4, 0.5) is 5.69 Å². The molecular weight excluding hydrogens is 226 g/mol. The molecular formula is C15H19NO2. The molecule has 1 heterocycles.